The highest BCUT2D eigenvalue weighted by Gasteiger charge is 2.27. The minimum atomic E-state index is 0.0507. The first-order valence-electron chi connectivity index (χ1n) is 13.1. The molecule has 3 aromatic heterocycles. The summed E-state index contributed by atoms with van der Waals surface area (Å²) < 4.78 is 11.9. The summed E-state index contributed by atoms with van der Waals surface area (Å²) >= 11 is 0. The van der Waals surface area contributed by atoms with Crippen LogP contribution in [0.25, 0.3) is 11.0 Å². The first kappa shape index (κ1) is 24.9. The van der Waals surface area contributed by atoms with Crippen molar-refractivity contribution >= 4 is 22.8 Å². The van der Waals surface area contributed by atoms with E-state index in [0.29, 0.717) is 54.5 Å². The van der Waals surface area contributed by atoms with E-state index in [2.05, 4.69) is 47.9 Å². The molecule has 1 unspecified atom stereocenters. The molecule has 202 valence electrons. The fourth-order valence-corrected chi connectivity index (χ4v) is 4.66. The fourth-order valence-electron chi connectivity index (χ4n) is 4.66. The molecule has 1 aliphatic carbocycles. The van der Waals surface area contributed by atoms with Crippen LogP contribution >= 0.6 is 0 Å². The number of nitrogens with zero attached hydrogens (tertiary/aromatic N) is 6. The van der Waals surface area contributed by atoms with Crippen molar-refractivity contribution in [2.45, 2.75) is 38.0 Å². The van der Waals surface area contributed by atoms with E-state index in [4.69, 9.17) is 9.47 Å². The third-order valence-corrected chi connectivity index (χ3v) is 7.00. The molecule has 2 fully saturated rings. The minimum Gasteiger partial charge on any atom is -0.487 e. The highest BCUT2D eigenvalue weighted by atomic mass is 16.5. The highest BCUT2D eigenvalue weighted by molar-refractivity contribution is 5.93. The summed E-state index contributed by atoms with van der Waals surface area (Å²) in [5.41, 5.74) is 1.41. The Hall–Kier alpha value is -4.45. The van der Waals surface area contributed by atoms with E-state index in [1.54, 1.807) is 18.5 Å². The van der Waals surface area contributed by atoms with Gasteiger partial charge in [0.1, 0.15) is 29.2 Å². The third-order valence-electron chi connectivity index (χ3n) is 7.00. The molecule has 1 aliphatic heterocycles. The number of ether oxygens (including phenoxy) is 2. The van der Waals surface area contributed by atoms with Gasteiger partial charge < -0.3 is 19.7 Å². The van der Waals surface area contributed by atoms with Gasteiger partial charge in [0.2, 0.25) is 5.91 Å². The van der Waals surface area contributed by atoms with Crippen molar-refractivity contribution in [2.75, 3.05) is 32.0 Å². The maximum absolute atomic E-state index is 12.7. The molecule has 1 amide bonds. The quantitative estimate of drug-likeness (QED) is 0.250. The number of aromatic nitrogens is 6. The molecule has 4 heterocycles. The number of likely N-dealkylation sites (tertiary alicyclic amines) is 1. The zero-order chi connectivity index (χ0) is 26.6. The van der Waals surface area contributed by atoms with Gasteiger partial charge in [0.15, 0.2) is 11.5 Å². The Morgan fingerprint density at radius 2 is 2.03 bits per heavy atom. The molecule has 3 N–H and O–H groups in total. The number of hydrogen-bond acceptors (Lipinski definition) is 9. The molecule has 1 saturated carbocycles. The Bertz CT molecular complexity index is 1430. The minimum absolute atomic E-state index is 0.0507. The topological polar surface area (TPSA) is 137 Å². The number of amides is 1. The van der Waals surface area contributed by atoms with Crippen LogP contribution in [0.4, 0.5) is 5.82 Å². The summed E-state index contributed by atoms with van der Waals surface area (Å²) in [6, 6.07) is 9.95. The lowest BCUT2D eigenvalue weighted by Crippen LogP contribution is -2.30. The van der Waals surface area contributed by atoms with E-state index >= 15 is 0 Å². The molecule has 1 atom stereocenters. The monoisotopic (exact) mass is 529 g/mol. The number of aromatic amines is 2. The van der Waals surface area contributed by atoms with Crippen LogP contribution in [-0.2, 0) is 11.4 Å². The number of fused-ring (bicyclic) bond motifs is 1. The normalized spacial score (nSPS) is 17.4. The van der Waals surface area contributed by atoms with Crippen LogP contribution in [0.2, 0.25) is 0 Å². The van der Waals surface area contributed by atoms with Crippen LogP contribution < -0.4 is 14.8 Å². The fraction of sp³-hybridized carbons (Fsp3) is 0.370. The van der Waals surface area contributed by atoms with Crippen LogP contribution in [0.1, 0.15) is 25.0 Å². The molecule has 12 nitrogen and oxygen atoms in total. The summed E-state index contributed by atoms with van der Waals surface area (Å²) in [5.74, 6) is 2.69. The lowest BCUT2D eigenvalue weighted by Gasteiger charge is -2.16. The molecule has 12 heteroatoms. The summed E-state index contributed by atoms with van der Waals surface area (Å²) in [6.07, 6.45) is 10.3. The van der Waals surface area contributed by atoms with E-state index in [1.807, 2.05) is 41.3 Å². The SMILES string of the molecule is CN(C/C=C/C(=O)N1CCC(Nc2n[nH]c3nccc(Oc4ccc(OCc5cnn[nH]5)cc4)c23)C1)C1CC1. The zero-order valence-corrected chi connectivity index (χ0v) is 21.7. The lowest BCUT2D eigenvalue weighted by molar-refractivity contribution is -0.125. The third kappa shape index (κ3) is 6.01. The number of anilines is 1. The van der Waals surface area contributed by atoms with Gasteiger partial charge in [-0.1, -0.05) is 11.3 Å². The van der Waals surface area contributed by atoms with Gasteiger partial charge in [0.25, 0.3) is 0 Å². The van der Waals surface area contributed by atoms with E-state index in [9.17, 15) is 4.79 Å². The molecular formula is C27H31N9O3. The van der Waals surface area contributed by atoms with Gasteiger partial charge in [-0.3, -0.25) is 19.9 Å². The first-order valence-corrected chi connectivity index (χ1v) is 13.1. The number of benzene rings is 1. The maximum atomic E-state index is 12.7. The Kier molecular flexibility index (Phi) is 7.09. The number of H-pyrrole nitrogens is 2. The average molecular weight is 530 g/mol. The van der Waals surface area contributed by atoms with Crippen molar-refractivity contribution in [2.24, 2.45) is 0 Å². The van der Waals surface area contributed by atoms with E-state index in [0.717, 1.165) is 24.0 Å². The molecular weight excluding hydrogens is 498 g/mol. The Labute approximate surface area is 225 Å². The smallest absolute Gasteiger partial charge is 0.246 e. The average Bonchev–Trinajstić information content (AvgIpc) is 3.30. The van der Waals surface area contributed by atoms with Gasteiger partial charge in [-0.25, -0.2) is 4.98 Å². The summed E-state index contributed by atoms with van der Waals surface area (Å²) in [4.78, 5) is 21.2. The first-order chi connectivity index (χ1) is 19.1. The van der Waals surface area contributed by atoms with Gasteiger partial charge >= 0.3 is 0 Å². The van der Waals surface area contributed by atoms with Crippen molar-refractivity contribution in [1.82, 2.24) is 40.4 Å². The highest BCUT2D eigenvalue weighted by Crippen LogP contribution is 2.34. The van der Waals surface area contributed by atoms with Gasteiger partial charge in [-0.2, -0.15) is 5.10 Å². The Balaban J connectivity index is 1.07. The van der Waals surface area contributed by atoms with Gasteiger partial charge in [0, 0.05) is 50.1 Å². The van der Waals surface area contributed by atoms with Crippen LogP contribution in [0.5, 0.6) is 17.2 Å². The lowest BCUT2D eigenvalue weighted by atomic mass is 10.2. The number of carbonyl (C=O) groups is 1. The number of carbonyl (C=O) groups excluding carboxylic acids is 1. The molecule has 1 aromatic carbocycles. The van der Waals surface area contributed by atoms with Crippen molar-refractivity contribution in [1.29, 1.82) is 0 Å². The summed E-state index contributed by atoms with van der Waals surface area (Å²) in [6.45, 7) is 2.47. The molecule has 2 aliphatic rings. The number of pyridine rings is 1. The molecule has 1 saturated heterocycles. The number of likely N-dealkylation sites (N-methyl/N-ethyl adjacent to an activating group) is 1. The predicted molar refractivity (Wildman–Crippen MR) is 145 cm³/mol. The molecule has 6 rings (SSSR count). The van der Waals surface area contributed by atoms with E-state index < -0.39 is 0 Å². The van der Waals surface area contributed by atoms with Crippen molar-refractivity contribution in [3.8, 4) is 17.2 Å². The van der Waals surface area contributed by atoms with Gasteiger partial charge in [-0.15, -0.1) is 5.10 Å². The van der Waals surface area contributed by atoms with Gasteiger partial charge in [-0.05, 0) is 50.6 Å². The predicted octanol–water partition coefficient (Wildman–Crippen LogP) is 3.11. The van der Waals surface area contributed by atoms with Crippen LogP contribution in [-0.4, -0.2) is 85.1 Å². The van der Waals surface area contributed by atoms with Gasteiger partial charge in [0.05, 0.1) is 11.9 Å². The largest absolute Gasteiger partial charge is 0.487 e. The maximum Gasteiger partial charge on any atom is 0.246 e. The Morgan fingerprint density at radius 3 is 2.82 bits per heavy atom. The van der Waals surface area contributed by atoms with Crippen molar-refractivity contribution in [3.63, 3.8) is 0 Å². The second kappa shape index (κ2) is 11.1. The Morgan fingerprint density at radius 1 is 1.18 bits per heavy atom. The van der Waals surface area contributed by atoms with Crippen molar-refractivity contribution in [3.05, 3.63) is 60.6 Å². The van der Waals surface area contributed by atoms with Crippen LogP contribution in [0.15, 0.2) is 54.9 Å². The van der Waals surface area contributed by atoms with E-state index in [1.165, 1.54) is 12.8 Å². The number of hydrogen-bond donors (Lipinski definition) is 3. The van der Waals surface area contributed by atoms with Crippen molar-refractivity contribution < 1.29 is 14.3 Å². The molecule has 0 spiro atoms. The van der Waals surface area contributed by atoms with Crippen LogP contribution in [0.3, 0.4) is 0 Å². The van der Waals surface area contributed by atoms with Crippen LogP contribution in [0, 0.1) is 0 Å². The molecule has 0 radical (unpaired) electrons. The number of nitrogens with one attached hydrogen (secondary N) is 3. The van der Waals surface area contributed by atoms with E-state index in [-0.39, 0.29) is 11.9 Å². The summed E-state index contributed by atoms with van der Waals surface area (Å²) in [5, 5.41) is 21.9. The number of rotatable bonds is 11. The second-order valence-corrected chi connectivity index (χ2v) is 9.94. The molecule has 0 bridgehead atoms. The standard InChI is InChI=1S/C27H31N9O3/c1-35(20-4-5-20)13-2-3-24(37)36-14-11-18(16-36)30-27-25-23(10-12-28-26(25)32-33-27)39-22-8-6-21(7-9-22)38-17-19-15-29-34-31-19/h2-3,6-10,12,15,18,20H,4-5,11,13-14,16-17H2,1H3,(H,29,31,34)(H2,28,30,32,33)/b3-2+. The zero-order valence-electron chi connectivity index (χ0n) is 21.7. The second-order valence-electron chi connectivity index (χ2n) is 9.94. The molecule has 39 heavy (non-hydrogen) atoms. The molecule has 4 aromatic rings. The summed E-state index contributed by atoms with van der Waals surface area (Å²) in [7, 11) is 2.11.